The summed E-state index contributed by atoms with van der Waals surface area (Å²) in [5, 5.41) is 9.89. The molecule has 0 bridgehead atoms. The van der Waals surface area contributed by atoms with Gasteiger partial charge in [-0.2, -0.15) is 0 Å². The first kappa shape index (κ1) is 11.6. The molecule has 1 N–H and O–H groups in total. The van der Waals surface area contributed by atoms with E-state index in [2.05, 4.69) is 11.1 Å². The zero-order chi connectivity index (χ0) is 12.6. The van der Waals surface area contributed by atoms with Gasteiger partial charge >= 0.3 is 5.97 Å². The van der Waals surface area contributed by atoms with Crippen LogP contribution in [-0.4, -0.2) is 16.1 Å². The van der Waals surface area contributed by atoms with Crippen molar-refractivity contribution in [3.8, 4) is 0 Å². The number of carboxylic acids is 1. The van der Waals surface area contributed by atoms with Crippen LogP contribution < -0.4 is 0 Å². The van der Waals surface area contributed by atoms with Gasteiger partial charge in [0.15, 0.2) is 0 Å². The molecule has 1 aromatic heterocycles. The number of hydrogen-bond donors (Lipinski definition) is 1. The van der Waals surface area contributed by atoms with Gasteiger partial charge in [0.1, 0.15) is 0 Å². The highest BCUT2D eigenvalue weighted by Crippen LogP contribution is 2.23. The van der Waals surface area contributed by atoms with Gasteiger partial charge in [0.25, 0.3) is 0 Å². The molecule has 17 heavy (non-hydrogen) atoms. The molecule has 0 aliphatic rings. The number of carboxylic acid groups (broad SMARTS) is 1. The molecule has 0 spiro atoms. The number of nitrogens with zero attached hydrogens (tertiary/aromatic N) is 1. The molecule has 0 atom stereocenters. The Morgan fingerprint density at radius 1 is 1.24 bits per heavy atom. The molecule has 3 nitrogen and oxygen atoms in total. The van der Waals surface area contributed by atoms with Crippen molar-refractivity contribution in [2.24, 2.45) is 0 Å². The van der Waals surface area contributed by atoms with Gasteiger partial charge < -0.3 is 5.11 Å². The Bertz CT molecular complexity index is 603. The number of pyridine rings is 1. The standard InChI is InChI=1S/C14H15NO2/c1-8-4-9(2)14-12(5-8)11(7-13(16)17)6-10(3)15-14/h4-6H,7H2,1-3H3,(H,16,17). The maximum absolute atomic E-state index is 10.9. The Balaban J connectivity index is 2.77. The van der Waals surface area contributed by atoms with Crippen molar-refractivity contribution in [3.05, 3.63) is 40.6 Å². The quantitative estimate of drug-likeness (QED) is 0.861. The average Bonchev–Trinajstić information content (AvgIpc) is 2.19. The van der Waals surface area contributed by atoms with Gasteiger partial charge in [0, 0.05) is 11.1 Å². The molecule has 88 valence electrons. The number of fused-ring (bicyclic) bond motifs is 1. The molecule has 0 saturated carbocycles. The van der Waals surface area contributed by atoms with E-state index in [9.17, 15) is 4.79 Å². The summed E-state index contributed by atoms with van der Waals surface area (Å²) < 4.78 is 0. The van der Waals surface area contributed by atoms with E-state index in [1.54, 1.807) is 0 Å². The zero-order valence-corrected chi connectivity index (χ0v) is 10.2. The number of rotatable bonds is 2. The molecular formula is C14H15NO2. The third-order valence-electron chi connectivity index (χ3n) is 2.80. The molecule has 0 aliphatic carbocycles. The molecular weight excluding hydrogens is 214 g/mol. The van der Waals surface area contributed by atoms with E-state index in [-0.39, 0.29) is 6.42 Å². The summed E-state index contributed by atoms with van der Waals surface area (Å²) >= 11 is 0. The van der Waals surface area contributed by atoms with Crippen molar-refractivity contribution in [3.63, 3.8) is 0 Å². The highest BCUT2D eigenvalue weighted by molar-refractivity contribution is 5.88. The second-order valence-electron chi connectivity index (χ2n) is 4.47. The maximum atomic E-state index is 10.9. The van der Waals surface area contributed by atoms with Gasteiger partial charge in [-0.1, -0.05) is 11.6 Å². The van der Waals surface area contributed by atoms with E-state index in [0.717, 1.165) is 33.3 Å². The Hall–Kier alpha value is -1.90. The van der Waals surface area contributed by atoms with Gasteiger partial charge in [0.05, 0.1) is 11.9 Å². The van der Waals surface area contributed by atoms with Crippen LogP contribution >= 0.6 is 0 Å². The molecule has 1 aromatic carbocycles. The van der Waals surface area contributed by atoms with E-state index in [0.29, 0.717) is 0 Å². The number of hydrogen-bond acceptors (Lipinski definition) is 2. The second-order valence-corrected chi connectivity index (χ2v) is 4.47. The van der Waals surface area contributed by atoms with Crippen LogP contribution in [0.2, 0.25) is 0 Å². The molecule has 3 heteroatoms. The average molecular weight is 229 g/mol. The molecule has 0 aliphatic heterocycles. The van der Waals surface area contributed by atoms with Gasteiger partial charge in [0.2, 0.25) is 0 Å². The lowest BCUT2D eigenvalue weighted by atomic mass is 10.00. The van der Waals surface area contributed by atoms with Crippen molar-refractivity contribution in [1.82, 2.24) is 4.98 Å². The Morgan fingerprint density at radius 3 is 2.59 bits per heavy atom. The van der Waals surface area contributed by atoms with Crippen LogP contribution in [0.25, 0.3) is 10.9 Å². The SMILES string of the molecule is Cc1cc(C)c2nc(C)cc(CC(=O)O)c2c1. The van der Waals surface area contributed by atoms with Gasteiger partial charge in [-0.15, -0.1) is 0 Å². The van der Waals surface area contributed by atoms with Crippen molar-refractivity contribution >= 4 is 16.9 Å². The predicted octanol–water partition coefficient (Wildman–Crippen LogP) is 2.79. The van der Waals surface area contributed by atoms with Gasteiger partial charge in [-0.3, -0.25) is 9.78 Å². The van der Waals surface area contributed by atoms with E-state index in [1.165, 1.54) is 0 Å². The topological polar surface area (TPSA) is 50.2 Å². The van der Waals surface area contributed by atoms with Crippen LogP contribution in [0.15, 0.2) is 18.2 Å². The van der Waals surface area contributed by atoms with Crippen LogP contribution in [0, 0.1) is 20.8 Å². The van der Waals surface area contributed by atoms with Gasteiger partial charge in [-0.05, 0) is 44.0 Å². The normalized spacial score (nSPS) is 10.8. The van der Waals surface area contributed by atoms with Crippen LogP contribution in [0.3, 0.4) is 0 Å². The van der Waals surface area contributed by atoms with Crippen molar-refractivity contribution in [1.29, 1.82) is 0 Å². The summed E-state index contributed by atoms with van der Waals surface area (Å²) in [6.45, 7) is 5.91. The molecule has 0 unspecified atom stereocenters. The fourth-order valence-corrected chi connectivity index (χ4v) is 2.20. The molecule has 0 fully saturated rings. The highest BCUT2D eigenvalue weighted by Gasteiger charge is 2.09. The number of aromatic nitrogens is 1. The maximum Gasteiger partial charge on any atom is 0.307 e. The first-order valence-electron chi connectivity index (χ1n) is 5.56. The summed E-state index contributed by atoms with van der Waals surface area (Å²) in [6, 6.07) is 5.93. The van der Waals surface area contributed by atoms with Crippen LogP contribution in [0.1, 0.15) is 22.4 Å². The van der Waals surface area contributed by atoms with Crippen molar-refractivity contribution in [2.75, 3.05) is 0 Å². The lowest BCUT2D eigenvalue weighted by Gasteiger charge is -2.09. The van der Waals surface area contributed by atoms with E-state index >= 15 is 0 Å². The minimum atomic E-state index is -0.809. The molecule has 0 saturated heterocycles. The van der Waals surface area contributed by atoms with Gasteiger partial charge in [-0.25, -0.2) is 0 Å². The first-order valence-corrected chi connectivity index (χ1v) is 5.56. The van der Waals surface area contributed by atoms with E-state index < -0.39 is 5.97 Å². The molecule has 1 heterocycles. The molecule has 0 radical (unpaired) electrons. The van der Waals surface area contributed by atoms with Crippen LogP contribution in [0.4, 0.5) is 0 Å². The zero-order valence-electron chi connectivity index (χ0n) is 10.2. The van der Waals surface area contributed by atoms with E-state index in [1.807, 2.05) is 32.9 Å². The molecule has 0 amide bonds. The number of carbonyl (C=O) groups is 1. The monoisotopic (exact) mass is 229 g/mol. The summed E-state index contributed by atoms with van der Waals surface area (Å²) in [4.78, 5) is 15.4. The Morgan fingerprint density at radius 2 is 1.94 bits per heavy atom. The first-order chi connectivity index (χ1) is 7.97. The third-order valence-corrected chi connectivity index (χ3v) is 2.80. The minimum Gasteiger partial charge on any atom is -0.481 e. The minimum absolute atomic E-state index is 0.0444. The lowest BCUT2D eigenvalue weighted by Crippen LogP contribution is -2.03. The molecule has 2 aromatic rings. The van der Waals surface area contributed by atoms with Crippen LogP contribution in [-0.2, 0) is 11.2 Å². The Kier molecular flexibility index (Phi) is 2.84. The Labute approximate surface area is 100 Å². The fourth-order valence-electron chi connectivity index (χ4n) is 2.20. The van der Waals surface area contributed by atoms with E-state index in [4.69, 9.17) is 5.11 Å². The third kappa shape index (κ3) is 2.28. The second kappa shape index (κ2) is 4.17. The smallest absolute Gasteiger partial charge is 0.307 e. The lowest BCUT2D eigenvalue weighted by molar-refractivity contribution is -0.136. The largest absolute Gasteiger partial charge is 0.481 e. The highest BCUT2D eigenvalue weighted by atomic mass is 16.4. The summed E-state index contributed by atoms with van der Waals surface area (Å²) in [5.74, 6) is -0.809. The number of aliphatic carboxylic acids is 1. The van der Waals surface area contributed by atoms with Crippen LogP contribution in [0.5, 0.6) is 0 Å². The summed E-state index contributed by atoms with van der Waals surface area (Å²) in [7, 11) is 0. The summed E-state index contributed by atoms with van der Waals surface area (Å²) in [5.41, 5.74) is 4.84. The number of aryl methyl sites for hydroxylation is 3. The predicted molar refractivity (Wildman–Crippen MR) is 67.3 cm³/mol. The fraction of sp³-hybridized carbons (Fsp3) is 0.286. The molecule has 2 rings (SSSR count). The van der Waals surface area contributed by atoms with Crippen molar-refractivity contribution in [2.45, 2.75) is 27.2 Å². The van der Waals surface area contributed by atoms with Crippen molar-refractivity contribution < 1.29 is 9.90 Å². The summed E-state index contributed by atoms with van der Waals surface area (Å²) in [6.07, 6.45) is 0.0444. The number of benzene rings is 1.